The van der Waals surface area contributed by atoms with Crippen LogP contribution in [-0.2, 0) is 0 Å². The number of carbonyl (C=O) groups is 1. The minimum atomic E-state index is -0.443. The minimum Gasteiger partial charge on any atom is -0.467 e. The van der Waals surface area contributed by atoms with Crippen molar-refractivity contribution in [3.05, 3.63) is 95.7 Å². The van der Waals surface area contributed by atoms with Crippen LogP contribution in [0.2, 0.25) is 0 Å². The van der Waals surface area contributed by atoms with Crippen LogP contribution in [0.15, 0.2) is 77.4 Å². The van der Waals surface area contributed by atoms with Crippen molar-refractivity contribution in [1.29, 1.82) is 0 Å². The molecule has 3 rings (SSSR count). The van der Waals surface area contributed by atoms with Gasteiger partial charge in [-0.2, -0.15) is 0 Å². The third-order valence-corrected chi connectivity index (χ3v) is 3.32. The van der Waals surface area contributed by atoms with Crippen molar-refractivity contribution in [3.8, 4) is 0 Å². The van der Waals surface area contributed by atoms with Crippen molar-refractivity contribution in [1.82, 2.24) is 5.32 Å². The minimum absolute atomic E-state index is 0.271. The first-order valence-corrected chi connectivity index (χ1v) is 6.89. The fourth-order valence-electron chi connectivity index (χ4n) is 2.26. The fraction of sp³-hybridized carbons (Fsp3) is 0.0556. The van der Waals surface area contributed by atoms with Gasteiger partial charge in [0.1, 0.15) is 17.6 Å². The van der Waals surface area contributed by atoms with Crippen LogP contribution in [0.1, 0.15) is 27.7 Å². The molecule has 1 aromatic heterocycles. The maximum atomic E-state index is 13.3. The van der Waals surface area contributed by atoms with Gasteiger partial charge in [-0.05, 0) is 35.9 Å². The predicted octanol–water partition coefficient (Wildman–Crippen LogP) is 3.94. The number of furan rings is 1. The van der Waals surface area contributed by atoms with Crippen LogP contribution < -0.4 is 5.32 Å². The van der Waals surface area contributed by atoms with E-state index in [-0.39, 0.29) is 11.5 Å². The number of rotatable bonds is 4. The summed E-state index contributed by atoms with van der Waals surface area (Å²) in [4.78, 5) is 12.4. The molecule has 1 atom stereocenters. The highest BCUT2D eigenvalue weighted by molar-refractivity contribution is 5.94. The third-order valence-electron chi connectivity index (χ3n) is 3.32. The summed E-state index contributed by atoms with van der Waals surface area (Å²) in [5, 5.41) is 2.88. The van der Waals surface area contributed by atoms with Gasteiger partial charge in [-0.25, -0.2) is 4.39 Å². The van der Waals surface area contributed by atoms with Gasteiger partial charge in [0.15, 0.2) is 0 Å². The summed E-state index contributed by atoms with van der Waals surface area (Å²) in [6.07, 6.45) is 1.56. The maximum absolute atomic E-state index is 13.3. The first-order valence-electron chi connectivity index (χ1n) is 6.89. The highest BCUT2D eigenvalue weighted by Crippen LogP contribution is 2.23. The van der Waals surface area contributed by atoms with E-state index in [1.807, 2.05) is 30.3 Å². The van der Waals surface area contributed by atoms with Crippen molar-refractivity contribution in [2.75, 3.05) is 0 Å². The van der Waals surface area contributed by atoms with Crippen LogP contribution in [-0.4, -0.2) is 5.91 Å². The van der Waals surface area contributed by atoms with E-state index in [1.165, 1.54) is 18.2 Å². The molecule has 0 spiro atoms. The molecular formula is C18H14FNO2. The van der Waals surface area contributed by atoms with E-state index < -0.39 is 11.9 Å². The second kappa shape index (κ2) is 6.26. The molecule has 0 aliphatic rings. The molecule has 3 nitrogen and oxygen atoms in total. The lowest BCUT2D eigenvalue weighted by Gasteiger charge is -2.17. The topological polar surface area (TPSA) is 42.2 Å². The van der Waals surface area contributed by atoms with E-state index in [0.29, 0.717) is 5.76 Å². The van der Waals surface area contributed by atoms with Gasteiger partial charge >= 0.3 is 0 Å². The first-order chi connectivity index (χ1) is 10.7. The zero-order chi connectivity index (χ0) is 15.4. The Morgan fingerprint density at radius 2 is 1.82 bits per heavy atom. The fourth-order valence-corrected chi connectivity index (χ4v) is 2.26. The molecule has 3 aromatic rings. The molecule has 110 valence electrons. The molecule has 0 saturated carbocycles. The Kier molecular flexibility index (Phi) is 4.01. The second-order valence-electron chi connectivity index (χ2n) is 4.84. The van der Waals surface area contributed by atoms with E-state index in [2.05, 4.69) is 5.32 Å². The lowest BCUT2D eigenvalue weighted by atomic mass is 10.0. The molecule has 22 heavy (non-hydrogen) atoms. The second-order valence-corrected chi connectivity index (χ2v) is 4.84. The zero-order valence-corrected chi connectivity index (χ0v) is 11.7. The predicted molar refractivity (Wildman–Crippen MR) is 80.9 cm³/mol. The van der Waals surface area contributed by atoms with E-state index >= 15 is 0 Å². The smallest absolute Gasteiger partial charge is 0.252 e. The standard InChI is InChI=1S/C18H14FNO2/c19-15-9-4-8-14(12-15)18(21)20-17(16-10-5-11-22-16)13-6-2-1-3-7-13/h1-12,17H,(H,20,21). The molecule has 1 heterocycles. The summed E-state index contributed by atoms with van der Waals surface area (Å²) in [6.45, 7) is 0. The van der Waals surface area contributed by atoms with Crippen LogP contribution in [0.25, 0.3) is 0 Å². The normalized spacial score (nSPS) is 11.9. The summed E-state index contributed by atoms with van der Waals surface area (Å²) < 4.78 is 18.7. The van der Waals surface area contributed by atoms with Gasteiger partial charge in [0, 0.05) is 5.56 Å². The highest BCUT2D eigenvalue weighted by atomic mass is 19.1. The Balaban J connectivity index is 1.89. The molecule has 0 saturated heterocycles. The number of amides is 1. The van der Waals surface area contributed by atoms with E-state index in [0.717, 1.165) is 5.56 Å². The number of hydrogen-bond donors (Lipinski definition) is 1. The Bertz CT molecular complexity index is 754. The number of carbonyl (C=O) groups excluding carboxylic acids is 1. The van der Waals surface area contributed by atoms with Gasteiger partial charge in [0.05, 0.1) is 6.26 Å². The molecule has 1 N–H and O–H groups in total. The summed E-state index contributed by atoms with van der Waals surface area (Å²) in [5.41, 5.74) is 1.16. The summed E-state index contributed by atoms with van der Waals surface area (Å²) in [6, 6.07) is 18.2. The van der Waals surface area contributed by atoms with Gasteiger partial charge in [-0.3, -0.25) is 4.79 Å². The maximum Gasteiger partial charge on any atom is 0.252 e. The summed E-state index contributed by atoms with van der Waals surface area (Å²) in [7, 11) is 0. The molecule has 2 aromatic carbocycles. The number of benzene rings is 2. The SMILES string of the molecule is O=C(NC(c1ccccc1)c1ccco1)c1cccc(F)c1. The van der Waals surface area contributed by atoms with Crippen LogP contribution in [0.5, 0.6) is 0 Å². The molecule has 0 fully saturated rings. The zero-order valence-electron chi connectivity index (χ0n) is 11.7. The van der Waals surface area contributed by atoms with Crippen LogP contribution >= 0.6 is 0 Å². The van der Waals surface area contributed by atoms with Gasteiger partial charge in [0.25, 0.3) is 5.91 Å². The lowest BCUT2D eigenvalue weighted by molar-refractivity contribution is 0.0938. The molecule has 1 amide bonds. The highest BCUT2D eigenvalue weighted by Gasteiger charge is 2.20. The van der Waals surface area contributed by atoms with E-state index in [4.69, 9.17) is 4.42 Å². The van der Waals surface area contributed by atoms with Crippen molar-refractivity contribution >= 4 is 5.91 Å². The third kappa shape index (κ3) is 3.06. The molecule has 4 heteroatoms. The van der Waals surface area contributed by atoms with Gasteiger partial charge in [-0.15, -0.1) is 0 Å². The lowest BCUT2D eigenvalue weighted by Crippen LogP contribution is -2.29. The van der Waals surface area contributed by atoms with Crippen LogP contribution in [0.4, 0.5) is 4.39 Å². The monoisotopic (exact) mass is 295 g/mol. The van der Waals surface area contributed by atoms with Crippen LogP contribution in [0.3, 0.4) is 0 Å². The molecular weight excluding hydrogens is 281 g/mol. The molecule has 0 bridgehead atoms. The van der Waals surface area contributed by atoms with E-state index in [9.17, 15) is 9.18 Å². The number of nitrogens with one attached hydrogen (secondary N) is 1. The number of hydrogen-bond acceptors (Lipinski definition) is 2. The van der Waals surface area contributed by atoms with Crippen molar-refractivity contribution in [2.24, 2.45) is 0 Å². The van der Waals surface area contributed by atoms with Crippen molar-refractivity contribution < 1.29 is 13.6 Å². The summed E-state index contributed by atoms with van der Waals surface area (Å²) in [5.74, 6) is -0.178. The Morgan fingerprint density at radius 1 is 1.00 bits per heavy atom. The molecule has 0 aliphatic carbocycles. The van der Waals surface area contributed by atoms with Crippen molar-refractivity contribution in [3.63, 3.8) is 0 Å². The average molecular weight is 295 g/mol. The quantitative estimate of drug-likeness (QED) is 0.792. The van der Waals surface area contributed by atoms with Gasteiger partial charge in [0.2, 0.25) is 0 Å². The van der Waals surface area contributed by atoms with Crippen molar-refractivity contribution in [2.45, 2.75) is 6.04 Å². The average Bonchev–Trinajstić information content (AvgIpc) is 3.07. The summed E-state index contributed by atoms with van der Waals surface area (Å²) >= 11 is 0. The Hall–Kier alpha value is -2.88. The molecule has 0 radical (unpaired) electrons. The van der Waals surface area contributed by atoms with Gasteiger partial charge < -0.3 is 9.73 Å². The largest absolute Gasteiger partial charge is 0.467 e. The molecule has 1 unspecified atom stereocenters. The van der Waals surface area contributed by atoms with Crippen LogP contribution in [0, 0.1) is 5.82 Å². The van der Waals surface area contributed by atoms with Gasteiger partial charge in [-0.1, -0.05) is 36.4 Å². The van der Waals surface area contributed by atoms with E-state index in [1.54, 1.807) is 24.5 Å². The Labute approximate surface area is 127 Å². The first kappa shape index (κ1) is 14.1. The Morgan fingerprint density at radius 3 is 2.50 bits per heavy atom. The number of halogens is 1. The molecule has 0 aliphatic heterocycles.